The average molecular weight is 492 g/mol. The van der Waals surface area contributed by atoms with Crippen LogP contribution in [-0.4, -0.2) is 61.6 Å². The number of piperidine rings is 1. The van der Waals surface area contributed by atoms with E-state index in [4.69, 9.17) is 4.74 Å². The number of likely N-dealkylation sites (tertiary alicyclic amines) is 1. The summed E-state index contributed by atoms with van der Waals surface area (Å²) in [5.41, 5.74) is -0.453. The van der Waals surface area contributed by atoms with Crippen molar-refractivity contribution in [1.29, 1.82) is 0 Å². The molecule has 1 saturated carbocycles. The molecule has 0 unspecified atom stereocenters. The number of carbonyl (C=O) groups excluding carboxylic acids is 3. The van der Waals surface area contributed by atoms with Crippen LogP contribution >= 0.6 is 0 Å². The van der Waals surface area contributed by atoms with Gasteiger partial charge in [0, 0.05) is 19.5 Å². The fourth-order valence-corrected chi connectivity index (χ4v) is 6.82. The summed E-state index contributed by atoms with van der Waals surface area (Å²) in [4.78, 5) is 39.6. The van der Waals surface area contributed by atoms with Crippen LogP contribution in [0.15, 0.2) is 23.1 Å². The standard InChI is InChI=1S/C24H33N3O6S/c1-2-33-20-10-9-18(34(31,32)26-13-7-4-8-14-26)15-19(20)25-21(28)17-27-22(29)16-24(23(27)30)11-5-3-6-12-24/h9-10,15H,2-8,11-14,16-17H2,1H3,(H,25,28). The summed E-state index contributed by atoms with van der Waals surface area (Å²) in [6.07, 6.45) is 7.04. The van der Waals surface area contributed by atoms with Gasteiger partial charge in [-0.25, -0.2) is 8.42 Å². The summed E-state index contributed by atoms with van der Waals surface area (Å²) in [6, 6.07) is 4.40. The second-order valence-electron chi connectivity index (χ2n) is 9.41. The zero-order valence-electron chi connectivity index (χ0n) is 19.7. The van der Waals surface area contributed by atoms with Crippen molar-refractivity contribution in [3.05, 3.63) is 18.2 Å². The molecule has 2 saturated heterocycles. The molecule has 9 nitrogen and oxygen atoms in total. The van der Waals surface area contributed by atoms with Crippen molar-refractivity contribution in [2.24, 2.45) is 5.41 Å². The molecule has 1 spiro atoms. The maximum absolute atomic E-state index is 13.1. The average Bonchev–Trinajstić information content (AvgIpc) is 3.05. The lowest BCUT2D eigenvalue weighted by Gasteiger charge is -2.30. The van der Waals surface area contributed by atoms with Crippen LogP contribution in [-0.2, 0) is 24.4 Å². The number of imide groups is 1. The first kappa shape index (κ1) is 24.7. The molecule has 0 bridgehead atoms. The van der Waals surface area contributed by atoms with Crippen LogP contribution < -0.4 is 10.1 Å². The van der Waals surface area contributed by atoms with E-state index in [9.17, 15) is 22.8 Å². The van der Waals surface area contributed by atoms with E-state index in [1.165, 1.54) is 22.5 Å². The number of hydrogen-bond donors (Lipinski definition) is 1. The number of sulfonamides is 1. The van der Waals surface area contributed by atoms with Crippen molar-refractivity contribution in [1.82, 2.24) is 9.21 Å². The molecule has 0 aromatic heterocycles. The molecular formula is C24H33N3O6S. The monoisotopic (exact) mass is 491 g/mol. The molecule has 0 atom stereocenters. The highest BCUT2D eigenvalue weighted by atomic mass is 32.2. The number of rotatable bonds is 7. The molecule has 2 aliphatic heterocycles. The van der Waals surface area contributed by atoms with Gasteiger partial charge in [0.15, 0.2) is 0 Å². The van der Waals surface area contributed by atoms with Gasteiger partial charge in [-0.15, -0.1) is 0 Å². The first-order chi connectivity index (χ1) is 16.3. The molecule has 3 aliphatic rings. The topological polar surface area (TPSA) is 113 Å². The second kappa shape index (κ2) is 10.0. The summed E-state index contributed by atoms with van der Waals surface area (Å²) in [7, 11) is -3.70. The Morgan fingerprint density at radius 2 is 1.74 bits per heavy atom. The van der Waals surface area contributed by atoms with Gasteiger partial charge in [0.1, 0.15) is 12.3 Å². The van der Waals surface area contributed by atoms with Crippen LogP contribution in [0.2, 0.25) is 0 Å². The predicted octanol–water partition coefficient (Wildman–Crippen LogP) is 2.91. The highest BCUT2D eigenvalue weighted by molar-refractivity contribution is 7.89. The lowest BCUT2D eigenvalue weighted by Crippen LogP contribution is -2.41. The summed E-state index contributed by atoms with van der Waals surface area (Å²) < 4.78 is 33.3. The van der Waals surface area contributed by atoms with E-state index in [1.54, 1.807) is 6.92 Å². The Balaban J connectivity index is 1.51. The van der Waals surface area contributed by atoms with Gasteiger partial charge >= 0.3 is 0 Å². The molecule has 1 aliphatic carbocycles. The van der Waals surface area contributed by atoms with Gasteiger partial charge in [-0.1, -0.05) is 25.7 Å². The number of ether oxygens (including phenoxy) is 1. The van der Waals surface area contributed by atoms with Gasteiger partial charge in [-0.3, -0.25) is 19.3 Å². The van der Waals surface area contributed by atoms with E-state index >= 15 is 0 Å². The van der Waals surface area contributed by atoms with Crippen molar-refractivity contribution in [2.45, 2.75) is 69.6 Å². The molecule has 1 aromatic rings. The SMILES string of the molecule is CCOc1ccc(S(=O)(=O)N2CCCCC2)cc1NC(=O)CN1C(=O)CC2(CCCCC2)C1=O. The Bertz CT molecular complexity index is 1060. The number of nitrogens with zero attached hydrogens (tertiary/aromatic N) is 2. The Morgan fingerprint density at radius 1 is 1.06 bits per heavy atom. The van der Waals surface area contributed by atoms with Crippen LogP contribution in [0.3, 0.4) is 0 Å². The number of carbonyl (C=O) groups is 3. The Hall–Kier alpha value is -2.46. The number of anilines is 1. The molecule has 3 amide bonds. The Labute approximate surface area is 200 Å². The fourth-order valence-electron chi connectivity index (χ4n) is 5.28. The largest absolute Gasteiger partial charge is 0.492 e. The molecule has 4 rings (SSSR count). The lowest BCUT2D eigenvalue weighted by molar-refractivity contribution is -0.144. The molecule has 34 heavy (non-hydrogen) atoms. The highest BCUT2D eigenvalue weighted by Crippen LogP contribution is 2.45. The maximum Gasteiger partial charge on any atom is 0.244 e. The molecular weight excluding hydrogens is 458 g/mol. The first-order valence-corrected chi connectivity index (χ1v) is 13.6. The predicted molar refractivity (Wildman–Crippen MR) is 126 cm³/mol. The van der Waals surface area contributed by atoms with E-state index in [2.05, 4.69) is 5.32 Å². The van der Waals surface area contributed by atoms with E-state index in [-0.39, 0.29) is 28.8 Å². The molecule has 1 N–H and O–H groups in total. The van der Waals surface area contributed by atoms with E-state index < -0.39 is 27.9 Å². The third-order valence-corrected chi connectivity index (χ3v) is 8.97. The minimum atomic E-state index is -3.70. The number of amides is 3. The van der Waals surface area contributed by atoms with Gasteiger partial charge in [0.05, 0.1) is 22.6 Å². The number of hydrogen-bond acceptors (Lipinski definition) is 6. The van der Waals surface area contributed by atoms with Gasteiger partial charge in [-0.2, -0.15) is 4.31 Å². The minimum absolute atomic E-state index is 0.0719. The number of benzene rings is 1. The van der Waals surface area contributed by atoms with Crippen molar-refractivity contribution in [3.63, 3.8) is 0 Å². The molecule has 3 fully saturated rings. The molecule has 186 valence electrons. The smallest absolute Gasteiger partial charge is 0.244 e. The van der Waals surface area contributed by atoms with Gasteiger partial charge in [0.25, 0.3) is 0 Å². The third kappa shape index (κ3) is 4.84. The zero-order chi connectivity index (χ0) is 24.3. The lowest BCUT2D eigenvalue weighted by atomic mass is 9.73. The van der Waals surface area contributed by atoms with Gasteiger partial charge in [-0.05, 0) is 50.8 Å². The van der Waals surface area contributed by atoms with Gasteiger partial charge in [0.2, 0.25) is 27.7 Å². The Kier molecular flexibility index (Phi) is 7.28. The number of nitrogens with one attached hydrogen (secondary N) is 1. The zero-order valence-corrected chi connectivity index (χ0v) is 20.5. The Morgan fingerprint density at radius 3 is 2.41 bits per heavy atom. The van der Waals surface area contributed by atoms with Crippen LogP contribution in [0, 0.1) is 5.41 Å². The molecule has 0 radical (unpaired) electrons. The fraction of sp³-hybridized carbons (Fsp3) is 0.625. The van der Waals surface area contributed by atoms with E-state index in [1.807, 2.05) is 0 Å². The quantitative estimate of drug-likeness (QED) is 0.587. The molecule has 1 aromatic carbocycles. The summed E-state index contributed by atoms with van der Waals surface area (Å²) in [5.74, 6) is -0.827. The molecule has 10 heteroatoms. The molecule has 2 heterocycles. The van der Waals surface area contributed by atoms with Crippen molar-refractivity contribution < 1.29 is 27.5 Å². The first-order valence-electron chi connectivity index (χ1n) is 12.2. The van der Waals surface area contributed by atoms with Crippen LogP contribution in [0.1, 0.15) is 64.7 Å². The van der Waals surface area contributed by atoms with Gasteiger partial charge < -0.3 is 10.1 Å². The third-order valence-electron chi connectivity index (χ3n) is 7.08. The van der Waals surface area contributed by atoms with Crippen molar-refractivity contribution >= 4 is 33.4 Å². The summed E-state index contributed by atoms with van der Waals surface area (Å²) >= 11 is 0. The van der Waals surface area contributed by atoms with Crippen LogP contribution in [0.4, 0.5) is 5.69 Å². The van der Waals surface area contributed by atoms with E-state index in [0.717, 1.165) is 43.4 Å². The maximum atomic E-state index is 13.1. The summed E-state index contributed by atoms with van der Waals surface area (Å²) in [6.45, 7) is 2.66. The van der Waals surface area contributed by atoms with Crippen LogP contribution in [0.5, 0.6) is 5.75 Å². The summed E-state index contributed by atoms with van der Waals surface area (Å²) in [5, 5.41) is 2.68. The minimum Gasteiger partial charge on any atom is -0.492 e. The van der Waals surface area contributed by atoms with E-state index in [0.29, 0.717) is 38.3 Å². The van der Waals surface area contributed by atoms with Crippen LogP contribution in [0.25, 0.3) is 0 Å². The highest BCUT2D eigenvalue weighted by Gasteiger charge is 2.51. The second-order valence-corrected chi connectivity index (χ2v) is 11.3. The van der Waals surface area contributed by atoms with Crippen molar-refractivity contribution in [3.8, 4) is 5.75 Å². The van der Waals surface area contributed by atoms with Crippen molar-refractivity contribution in [2.75, 3.05) is 31.6 Å². The normalized spacial score (nSPS) is 21.1.